The molecule has 0 aliphatic carbocycles. The lowest BCUT2D eigenvalue weighted by molar-refractivity contribution is 0.0831. The summed E-state index contributed by atoms with van der Waals surface area (Å²) >= 11 is 0. The number of rotatable bonds is 3. The molecule has 1 aromatic carbocycles. The highest BCUT2D eigenvalue weighted by molar-refractivity contribution is 6.38. The minimum Gasteiger partial charge on any atom is -0.467 e. The van der Waals surface area contributed by atoms with Crippen LogP contribution in [-0.4, -0.2) is 40.2 Å². The molecule has 17 heavy (non-hydrogen) atoms. The lowest BCUT2D eigenvalue weighted by atomic mass is 9.76. The summed E-state index contributed by atoms with van der Waals surface area (Å²) in [6.45, 7) is 1.83. The fourth-order valence-corrected chi connectivity index (χ4v) is 1.76. The zero-order chi connectivity index (χ0) is 12.6. The van der Waals surface area contributed by atoms with Crippen LogP contribution in [-0.2, 0) is 0 Å². The summed E-state index contributed by atoms with van der Waals surface area (Å²) in [5.41, 5.74) is -0.0228. The van der Waals surface area contributed by atoms with Gasteiger partial charge in [-0.3, -0.25) is 4.79 Å². The molecule has 0 amide bonds. The molecule has 4 nitrogen and oxygen atoms in total. The van der Waals surface area contributed by atoms with Crippen molar-refractivity contribution < 1.29 is 14.3 Å². The SMILES string of the molecule is BC1(B)Oc2ccc(C(=O)[C@@H](C)NC)cc2O1. The van der Waals surface area contributed by atoms with E-state index in [1.807, 2.05) is 22.6 Å². The number of fused-ring (bicyclic) bond motifs is 1. The topological polar surface area (TPSA) is 47.6 Å². The van der Waals surface area contributed by atoms with Gasteiger partial charge in [-0.25, -0.2) is 0 Å². The Morgan fingerprint density at radius 2 is 2.00 bits per heavy atom. The van der Waals surface area contributed by atoms with E-state index in [0.717, 1.165) is 0 Å². The van der Waals surface area contributed by atoms with E-state index >= 15 is 0 Å². The monoisotopic (exact) mass is 231 g/mol. The van der Waals surface area contributed by atoms with E-state index in [9.17, 15) is 4.79 Å². The molecular formula is C11H15B2NO3. The minimum absolute atomic E-state index is 0.0450. The van der Waals surface area contributed by atoms with Crippen molar-refractivity contribution >= 4 is 21.5 Å². The van der Waals surface area contributed by atoms with Crippen molar-refractivity contribution in [3.8, 4) is 11.5 Å². The van der Waals surface area contributed by atoms with Gasteiger partial charge in [-0.2, -0.15) is 0 Å². The van der Waals surface area contributed by atoms with Gasteiger partial charge < -0.3 is 14.8 Å². The summed E-state index contributed by atoms with van der Waals surface area (Å²) in [6.07, 6.45) is 0. The molecule has 1 N–H and O–H groups in total. The van der Waals surface area contributed by atoms with Crippen LogP contribution in [0.4, 0.5) is 0 Å². The fraction of sp³-hybridized carbons (Fsp3) is 0.364. The zero-order valence-electron chi connectivity index (χ0n) is 10.5. The van der Waals surface area contributed by atoms with Crippen LogP contribution in [0.1, 0.15) is 17.3 Å². The molecule has 1 aliphatic heterocycles. The van der Waals surface area contributed by atoms with Gasteiger partial charge >= 0.3 is 0 Å². The second-order valence-corrected chi connectivity index (χ2v) is 4.64. The molecule has 6 heteroatoms. The van der Waals surface area contributed by atoms with Crippen molar-refractivity contribution in [2.45, 2.75) is 18.6 Å². The van der Waals surface area contributed by atoms with Crippen molar-refractivity contribution in [2.75, 3.05) is 7.05 Å². The quantitative estimate of drug-likeness (QED) is 0.542. The second-order valence-electron chi connectivity index (χ2n) is 4.64. The first kappa shape index (κ1) is 12.0. The molecule has 0 aromatic heterocycles. The predicted octanol–water partition coefficient (Wildman–Crippen LogP) is -0.874. The second kappa shape index (κ2) is 4.11. The van der Waals surface area contributed by atoms with Gasteiger partial charge in [0.05, 0.1) is 6.04 Å². The predicted molar refractivity (Wildman–Crippen MR) is 70.4 cm³/mol. The summed E-state index contributed by atoms with van der Waals surface area (Å²) < 4.78 is 11.2. The smallest absolute Gasteiger partial charge is 0.197 e. The number of likely N-dealkylation sites (N-methyl/N-ethyl adjacent to an activating group) is 1. The first-order chi connectivity index (χ1) is 7.93. The molecule has 0 saturated heterocycles. The summed E-state index contributed by atoms with van der Waals surface area (Å²) in [5, 5.41) is 2.93. The van der Waals surface area contributed by atoms with Gasteiger partial charge in [0, 0.05) is 5.56 Å². The molecule has 0 bridgehead atoms. The molecule has 1 heterocycles. The van der Waals surface area contributed by atoms with Crippen LogP contribution < -0.4 is 14.8 Å². The fourth-order valence-electron chi connectivity index (χ4n) is 1.76. The maximum Gasteiger partial charge on any atom is 0.197 e. The molecule has 0 unspecified atom stereocenters. The van der Waals surface area contributed by atoms with E-state index in [4.69, 9.17) is 9.47 Å². The minimum atomic E-state index is -0.654. The molecule has 2 rings (SSSR count). The Morgan fingerprint density at radius 1 is 1.35 bits per heavy atom. The Morgan fingerprint density at radius 3 is 2.65 bits per heavy atom. The Kier molecular flexibility index (Phi) is 2.91. The van der Waals surface area contributed by atoms with E-state index in [0.29, 0.717) is 17.1 Å². The molecule has 1 atom stereocenters. The molecule has 1 aliphatic rings. The van der Waals surface area contributed by atoms with E-state index in [1.165, 1.54) is 0 Å². The number of nitrogens with one attached hydrogen (secondary N) is 1. The standard InChI is InChI=1S/C11H15B2NO3/c1-6(14-2)10(15)7-3-4-8-9(5-7)17-11(12,13)16-8/h3-6,14H,12-13H2,1-2H3/t6-/m1/s1. The van der Waals surface area contributed by atoms with Crippen LogP contribution in [0, 0.1) is 0 Å². The number of benzene rings is 1. The average Bonchev–Trinajstić information content (AvgIpc) is 2.59. The largest absolute Gasteiger partial charge is 0.467 e. The van der Waals surface area contributed by atoms with Gasteiger partial charge in [0.15, 0.2) is 38.6 Å². The first-order valence-electron chi connectivity index (χ1n) is 5.66. The number of hydrogen-bond donors (Lipinski definition) is 1. The summed E-state index contributed by atoms with van der Waals surface area (Å²) in [5.74, 6) is 1.36. The number of carbonyl (C=O) groups is 1. The van der Waals surface area contributed by atoms with Crippen LogP contribution in [0.25, 0.3) is 0 Å². The van der Waals surface area contributed by atoms with Crippen molar-refractivity contribution in [3.63, 3.8) is 0 Å². The van der Waals surface area contributed by atoms with Gasteiger partial charge in [0.1, 0.15) is 0 Å². The van der Waals surface area contributed by atoms with Gasteiger partial charge in [-0.15, -0.1) is 0 Å². The Hall–Kier alpha value is -1.42. The van der Waals surface area contributed by atoms with Crippen LogP contribution in [0.3, 0.4) is 0 Å². The third-order valence-corrected chi connectivity index (χ3v) is 2.77. The summed E-state index contributed by atoms with van der Waals surface area (Å²) in [7, 11) is 5.44. The van der Waals surface area contributed by atoms with Gasteiger partial charge in [0.2, 0.25) is 0 Å². The van der Waals surface area contributed by atoms with Crippen molar-refractivity contribution in [1.82, 2.24) is 5.32 Å². The Bertz CT molecular complexity index is 462. The highest BCUT2D eigenvalue weighted by Crippen LogP contribution is 2.37. The Balaban J connectivity index is 2.28. The van der Waals surface area contributed by atoms with E-state index in [1.54, 1.807) is 25.2 Å². The maximum atomic E-state index is 12.0. The van der Waals surface area contributed by atoms with Crippen molar-refractivity contribution in [1.29, 1.82) is 0 Å². The summed E-state index contributed by atoms with van der Waals surface area (Å²) in [6, 6.07) is 5.07. The summed E-state index contributed by atoms with van der Waals surface area (Å²) in [4.78, 5) is 12.0. The van der Waals surface area contributed by atoms with E-state index < -0.39 is 5.59 Å². The lowest BCUT2D eigenvalue weighted by Crippen LogP contribution is -2.39. The highest BCUT2D eigenvalue weighted by Gasteiger charge is 2.31. The number of ether oxygens (including phenoxy) is 2. The number of hydrogen-bond acceptors (Lipinski definition) is 4. The van der Waals surface area contributed by atoms with Gasteiger partial charge in [-0.05, 0) is 32.2 Å². The average molecular weight is 231 g/mol. The number of Topliss-reactive ketones (excluding diaryl/α,β-unsaturated/α-hetero) is 1. The van der Waals surface area contributed by atoms with Crippen LogP contribution in [0.5, 0.6) is 11.5 Å². The third kappa shape index (κ3) is 2.31. The molecule has 0 fully saturated rings. The van der Waals surface area contributed by atoms with Gasteiger partial charge in [0.25, 0.3) is 0 Å². The molecule has 0 saturated carbocycles. The Labute approximate surface area is 102 Å². The maximum absolute atomic E-state index is 12.0. The van der Waals surface area contributed by atoms with Gasteiger partial charge in [-0.1, -0.05) is 0 Å². The highest BCUT2D eigenvalue weighted by atomic mass is 16.7. The van der Waals surface area contributed by atoms with Crippen molar-refractivity contribution in [3.05, 3.63) is 23.8 Å². The van der Waals surface area contributed by atoms with Crippen LogP contribution >= 0.6 is 0 Å². The lowest BCUT2D eigenvalue weighted by Gasteiger charge is -2.17. The molecular weight excluding hydrogens is 216 g/mol. The number of carbonyl (C=O) groups excluding carboxylic acids is 1. The first-order valence-corrected chi connectivity index (χ1v) is 5.66. The number of ketones is 1. The van der Waals surface area contributed by atoms with Crippen LogP contribution in [0.15, 0.2) is 18.2 Å². The molecule has 0 spiro atoms. The zero-order valence-corrected chi connectivity index (χ0v) is 10.5. The van der Waals surface area contributed by atoms with E-state index in [2.05, 4.69) is 5.32 Å². The molecule has 0 radical (unpaired) electrons. The normalized spacial score (nSPS) is 17.8. The molecule has 88 valence electrons. The van der Waals surface area contributed by atoms with Crippen LogP contribution in [0.2, 0.25) is 0 Å². The third-order valence-electron chi connectivity index (χ3n) is 2.77. The van der Waals surface area contributed by atoms with Crippen molar-refractivity contribution in [2.24, 2.45) is 0 Å². The van der Waals surface area contributed by atoms with E-state index in [-0.39, 0.29) is 11.8 Å². The molecule has 1 aromatic rings.